The van der Waals surface area contributed by atoms with Gasteiger partial charge in [-0.3, -0.25) is 0 Å². The number of aromatic nitrogens is 1. The molecule has 3 aromatic rings. The highest BCUT2D eigenvalue weighted by atomic mass is 35.5. The number of ether oxygens (including phenoxy) is 1. The highest BCUT2D eigenvalue weighted by molar-refractivity contribution is 6.35. The highest BCUT2D eigenvalue weighted by Gasteiger charge is 2.28. The third-order valence-corrected chi connectivity index (χ3v) is 4.71. The molecule has 0 saturated carbocycles. The van der Waals surface area contributed by atoms with E-state index in [2.05, 4.69) is 9.88 Å². The van der Waals surface area contributed by atoms with Gasteiger partial charge in [0.25, 0.3) is 0 Å². The molecule has 2 N–H and O–H groups in total. The quantitative estimate of drug-likeness (QED) is 0.674. The molecule has 0 spiro atoms. The van der Waals surface area contributed by atoms with Crippen molar-refractivity contribution in [2.45, 2.75) is 6.04 Å². The van der Waals surface area contributed by atoms with Crippen LogP contribution in [0, 0.1) is 0 Å². The summed E-state index contributed by atoms with van der Waals surface area (Å²) in [6.45, 7) is 0. The van der Waals surface area contributed by atoms with Crippen LogP contribution >= 0.6 is 23.2 Å². The summed E-state index contributed by atoms with van der Waals surface area (Å²) in [6.07, 6.45) is 1.98. The van der Waals surface area contributed by atoms with Crippen molar-refractivity contribution in [3.8, 4) is 17.2 Å². The number of phenolic OH excluding ortho intramolecular Hbond substituents is 1. The predicted octanol–water partition coefficient (Wildman–Crippen LogP) is 5.01. The van der Waals surface area contributed by atoms with Gasteiger partial charge in [-0.2, -0.15) is 0 Å². The smallest absolute Gasteiger partial charge is 0.139 e. The fraction of sp³-hybridized carbons (Fsp3) is 0.111. The Bertz CT molecular complexity index is 937. The molecule has 0 unspecified atom stereocenters. The van der Waals surface area contributed by atoms with Crippen molar-refractivity contribution in [3.63, 3.8) is 0 Å². The first-order chi connectivity index (χ1) is 11.6. The largest absolute Gasteiger partial charge is 0.506 e. The van der Waals surface area contributed by atoms with Crippen LogP contribution in [0.1, 0.15) is 17.3 Å². The number of benzene rings is 2. The lowest BCUT2D eigenvalue weighted by Crippen LogP contribution is -2.22. The monoisotopic (exact) mass is 360 g/mol. The molecule has 0 saturated heterocycles. The van der Waals surface area contributed by atoms with Crippen molar-refractivity contribution in [2.24, 2.45) is 0 Å². The van der Waals surface area contributed by atoms with Gasteiger partial charge in [0.2, 0.25) is 0 Å². The number of rotatable bonds is 2. The van der Waals surface area contributed by atoms with E-state index in [1.165, 1.54) is 6.07 Å². The van der Waals surface area contributed by atoms with E-state index in [9.17, 15) is 5.11 Å². The Morgan fingerprint density at radius 3 is 2.79 bits per heavy atom. The number of aromatic hydroxyl groups is 1. The van der Waals surface area contributed by atoms with Crippen LogP contribution in [0.3, 0.4) is 0 Å². The third-order valence-electron chi connectivity index (χ3n) is 4.21. The van der Waals surface area contributed by atoms with Crippen LogP contribution in [-0.4, -0.2) is 16.8 Å². The number of methoxy groups -OCH3 is 1. The first-order valence-electron chi connectivity index (χ1n) is 7.38. The molecule has 6 heteroatoms. The third kappa shape index (κ3) is 2.30. The fourth-order valence-electron chi connectivity index (χ4n) is 3.09. The van der Waals surface area contributed by atoms with E-state index in [1.54, 1.807) is 13.2 Å². The topological polar surface area (TPSA) is 46.4 Å². The van der Waals surface area contributed by atoms with Crippen LogP contribution < -0.4 is 10.1 Å². The lowest BCUT2D eigenvalue weighted by Gasteiger charge is -2.30. The van der Waals surface area contributed by atoms with Crippen molar-refractivity contribution in [3.05, 3.63) is 70.0 Å². The van der Waals surface area contributed by atoms with E-state index in [-0.39, 0.29) is 16.8 Å². The Morgan fingerprint density at radius 2 is 2.00 bits per heavy atom. The summed E-state index contributed by atoms with van der Waals surface area (Å²) < 4.78 is 7.39. The Morgan fingerprint density at radius 1 is 1.17 bits per heavy atom. The first-order valence-corrected chi connectivity index (χ1v) is 8.14. The number of phenols is 1. The van der Waals surface area contributed by atoms with E-state index < -0.39 is 0 Å². The first kappa shape index (κ1) is 15.2. The zero-order valence-electron chi connectivity index (χ0n) is 12.8. The van der Waals surface area contributed by atoms with Gasteiger partial charge in [0.05, 0.1) is 29.5 Å². The molecule has 0 bridgehead atoms. The zero-order chi connectivity index (χ0) is 16.8. The van der Waals surface area contributed by atoms with Crippen LogP contribution in [-0.2, 0) is 0 Å². The molecule has 0 amide bonds. The summed E-state index contributed by atoms with van der Waals surface area (Å²) in [5.41, 5.74) is 3.53. The molecule has 0 fully saturated rings. The van der Waals surface area contributed by atoms with E-state index >= 15 is 0 Å². The van der Waals surface area contributed by atoms with E-state index in [0.717, 1.165) is 22.8 Å². The molecule has 2 heterocycles. The number of halogens is 2. The minimum atomic E-state index is -0.282. The van der Waals surface area contributed by atoms with E-state index in [0.29, 0.717) is 10.6 Å². The van der Waals surface area contributed by atoms with Gasteiger partial charge >= 0.3 is 0 Å². The summed E-state index contributed by atoms with van der Waals surface area (Å²) in [7, 11) is 1.63. The summed E-state index contributed by atoms with van der Waals surface area (Å²) in [5, 5.41) is 14.6. The molecule has 2 aromatic carbocycles. The maximum Gasteiger partial charge on any atom is 0.139 e. The molecule has 0 radical (unpaired) electrons. The summed E-state index contributed by atoms with van der Waals surface area (Å²) in [5.74, 6) is 0.779. The Balaban J connectivity index is 1.90. The van der Waals surface area contributed by atoms with Gasteiger partial charge in [-0.1, -0.05) is 23.2 Å². The number of nitrogens with zero attached hydrogens (tertiary/aromatic N) is 1. The Kier molecular flexibility index (Phi) is 3.59. The summed E-state index contributed by atoms with van der Waals surface area (Å²) >= 11 is 12.2. The number of fused-ring (bicyclic) bond motifs is 3. The number of hydrogen-bond donors (Lipinski definition) is 2. The van der Waals surface area contributed by atoms with E-state index in [1.807, 2.05) is 36.5 Å². The van der Waals surface area contributed by atoms with Crippen LogP contribution in [0.4, 0.5) is 5.69 Å². The van der Waals surface area contributed by atoms with Gasteiger partial charge in [-0.15, -0.1) is 0 Å². The Hall–Kier alpha value is -2.30. The summed E-state index contributed by atoms with van der Waals surface area (Å²) in [4.78, 5) is 0. The SMILES string of the molecule is COc1ccc2c(c1)N[C@@H](c1cc(Cl)cc(Cl)c1O)c1cccn1-2. The molecule has 1 atom stereocenters. The van der Waals surface area contributed by atoms with Crippen molar-refractivity contribution in [1.29, 1.82) is 0 Å². The molecule has 0 aliphatic carbocycles. The molecular weight excluding hydrogens is 347 g/mol. The second kappa shape index (κ2) is 5.65. The molecule has 4 nitrogen and oxygen atoms in total. The second-order valence-corrected chi connectivity index (χ2v) is 6.43. The van der Waals surface area contributed by atoms with E-state index in [4.69, 9.17) is 27.9 Å². The van der Waals surface area contributed by atoms with Crippen LogP contribution in [0.5, 0.6) is 11.5 Å². The summed E-state index contributed by atoms with van der Waals surface area (Å²) in [6, 6.07) is 12.8. The van der Waals surface area contributed by atoms with Crippen molar-refractivity contribution in [2.75, 3.05) is 12.4 Å². The highest BCUT2D eigenvalue weighted by Crippen LogP contribution is 2.43. The maximum atomic E-state index is 10.4. The zero-order valence-corrected chi connectivity index (χ0v) is 14.3. The average Bonchev–Trinajstić information content (AvgIpc) is 3.06. The van der Waals surface area contributed by atoms with Crippen LogP contribution in [0.25, 0.3) is 5.69 Å². The lowest BCUT2D eigenvalue weighted by molar-refractivity contribution is 0.415. The Labute approximate surface area is 149 Å². The van der Waals surface area contributed by atoms with Gasteiger partial charge in [0.1, 0.15) is 11.5 Å². The van der Waals surface area contributed by atoms with Gasteiger partial charge in [0.15, 0.2) is 0 Å². The lowest BCUT2D eigenvalue weighted by atomic mass is 9.99. The normalized spacial score (nSPS) is 15.4. The molecule has 1 aromatic heterocycles. The van der Waals surface area contributed by atoms with Gasteiger partial charge < -0.3 is 19.7 Å². The number of hydrogen-bond acceptors (Lipinski definition) is 3. The molecule has 24 heavy (non-hydrogen) atoms. The van der Waals surface area contributed by atoms with Gasteiger partial charge in [0, 0.05) is 28.5 Å². The second-order valence-electron chi connectivity index (χ2n) is 5.59. The fourth-order valence-corrected chi connectivity index (χ4v) is 3.60. The van der Waals surface area contributed by atoms with Gasteiger partial charge in [-0.05, 0) is 36.4 Å². The molecule has 1 aliphatic heterocycles. The van der Waals surface area contributed by atoms with Gasteiger partial charge in [-0.25, -0.2) is 0 Å². The average molecular weight is 361 g/mol. The standard InChI is InChI=1S/C18H14Cl2N2O2/c1-24-11-4-5-15-14(9-11)21-17(16-3-2-6-22(15)16)12-7-10(19)8-13(20)18(12)23/h2-9,17,21,23H,1H3/t17-/m0/s1. The van der Waals surface area contributed by atoms with Crippen molar-refractivity contribution >= 4 is 28.9 Å². The molecule has 1 aliphatic rings. The number of anilines is 1. The molecule has 122 valence electrons. The van der Waals surface area contributed by atoms with Crippen LogP contribution in [0.2, 0.25) is 10.0 Å². The minimum Gasteiger partial charge on any atom is -0.506 e. The minimum absolute atomic E-state index is 0.0256. The molecular formula is C18H14Cl2N2O2. The predicted molar refractivity (Wildman–Crippen MR) is 95.9 cm³/mol. The van der Waals surface area contributed by atoms with Crippen LogP contribution in [0.15, 0.2) is 48.7 Å². The van der Waals surface area contributed by atoms with Crippen molar-refractivity contribution in [1.82, 2.24) is 4.57 Å². The number of nitrogens with one attached hydrogen (secondary N) is 1. The van der Waals surface area contributed by atoms with Crippen molar-refractivity contribution < 1.29 is 9.84 Å². The molecule has 4 rings (SSSR count). The maximum absolute atomic E-state index is 10.4.